The molecule has 25 heavy (non-hydrogen) atoms. The molecule has 0 spiro atoms. The Morgan fingerprint density at radius 1 is 1.20 bits per heavy atom. The Morgan fingerprint density at radius 3 is 2.76 bits per heavy atom. The number of aromatic nitrogens is 2. The summed E-state index contributed by atoms with van der Waals surface area (Å²) in [7, 11) is 0. The van der Waals surface area contributed by atoms with E-state index in [0.29, 0.717) is 0 Å². The minimum absolute atomic E-state index is 0.0327. The lowest BCUT2D eigenvalue weighted by Gasteiger charge is -2.28. The van der Waals surface area contributed by atoms with Crippen molar-refractivity contribution in [3.05, 3.63) is 16.3 Å². The normalized spacial score (nSPS) is 18.7. The summed E-state index contributed by atoms with van der Waals surface area (Å²) in [5.74, 6) is 1.98. The highest BCUT2D eigenvalue weighted by Crippen LogP contribution is 2.40. The van der Waals surface area contributed by atoms with Crippen LogP contribution in [0.25, 0.3) is 10.2 Å². The number of nitrogens with one attached hydrogen (secondary N) is 1. The Bertz CT molecular complexity index is 764. The molecule has 136 valence electrons. The van der Waals surface area contributed by atoms with Gasteiger partial charge < -0.3 is 10.1 Å². The first-order chi connectivity index (χ1) is 12.1. The molecular weight excluding hydrogens is 332 g/mol. The fourth-order valence-electron chi connectivity index (χ4n) is 3.57. The van der Waals surface area contributed by atoms with Crippen LogP contribution < -0.4 is 5.32 Å². The fraction of sp³-hybridized carbons (Fsp3) is 0.684. The maximum absolute atomic E-state index is 5.46. The predicted molar refractivity (Wildman–Crippen MR) is 104 cm³/mol. The highest BCUT2D eigenvalue weighted by Gasteiger charge is 2.25. The Balaban J connectivity index is 1.72. The van der Waals surface area contributed by atoms with Crippen LogP contribution in [0.2, 0.25) is 0 Å². The van der Waals surface area contributed by atoms with Crippen molar-refractivity contribution in [1.29, 1.82) is 0 Å². The molecule has 3 heterocycles. The van der Waals surface area contributed by atoms with Crippen molar-refractivity contribution in [2.75, 3.05) is 31.6 Å². The molecule has 1 fully saturated rings. The molecule has 2 aliphatic rings. The molecule has 1 N–H and O–H groups in total. The summed E-state index contributed by atoms with van der Waals surface area (Å²) in [4.78, 5) is 15.0. The topological polar surface area (TPSA) is 50.3 Å². The van der Waals surface area contributed by atoms with Gasteiger partial charge in [-0.3, -0.25) is 4.90 Å². The fourth-order valence-corrected chi connectivity index (χ4v) is 4.85. The van der Waals surface area contributed by atoms with E-state index in [2.05, 4.69) is 31.0 Å². The quantitative estimate of drug-likeness (QED) is 0.883. The zero-order chi connectivity index (χ0) is 17.4. The maximum Gasteiger partial charge on any atom is 0.146 e. The van der Waals surface area contributed by atoms with E-state index in [9.17, 15) is 0 Å². The number of ether oxygens (including phenoxy) is 1. The van der Waals surface area contributed by atoms with Crippen LogP contribution in [0.5, 0.6) is 0 Å². The van der Waals surface area contributed by atoms with Gasteiger partial charge in [0.05, 0.1) is 25.1 Å². The first-order valence-electron chi connectivity index (χ1n) is 9.45. The number of aryl methyl sites for hydroxylation is 2. The van der Waals surface area contributed by atoms with E-state index in [1.165, 1.54) is 35.1 Å². The summed E-state index contributed by atoms with van der Waals surface area (Å²) >= 11 is 1.88. The number of thiophene rings is 1. The van der Waals surface area contributed by atoms with Crippen LogP contribution in [0, 0.1) is 0 Å². The molecule has 5 nitrogen and oxygen atoms in total. The summed E-state index contributed by atoms with van der Waals surface area (Å²) in [6.07, 6.45) is 4.70. The average Bonchev–Trinajstić information content (AvgIpc) is 3.16. The van der Waals surface area contributed by atoms with Gasteiger partial charge in [-0.2, -0.15) is 0 Å². The molecular formula is C19H28N4OS. The lowest BCUT2D eigenvalue weighted by atomic mass is 10.0. The van der Waals surface area contributed by atoms with E-state index < -0.39 is 0 Å². The second-order valence-electron chi connectivity index (χ2n) is 7.78. The molecule has 2 aromatic heterocycles. The van der Waals surface area contributed by atoms with Gasteiger partial charge >= 0.3 is 0 Å². The van der Waals surface area contributed by atoms with Crippen molar-refractivity contribution in [2.45, 2.75) is 58.5 Å². The number of rotatable bonds is 5. The predicted octanol–water partition coefficient (Wildman–Crippen LogP) is 3.61. The van der Waals surface area contributed by atoms with Crippen LogP contribution in [-0.2, 0) is 24.1 Å². The molecule has 6 heteroatoms. The third-order valence-corrected chi connectivity index (χ3v) is 6.61. The lowest BCUT2D eigenvalue weighted by Crippen LogP contribution is -2.36. The molecule has 4 rings (SSSR count). The van der Waals surface area contributed by atoms with Crippen LogP contribution in [0.4, 0.5) is 5.82 Å². The van der Waals surface area contributed by atoms with E-state index in [1.54, 1.807) is 0 Å². The molecule has 0 atom stereocenters. The Kier molecular flexibility index (Phi) is 4.69. The minimum Gasteiger partial charge on any atom is -0.379 e. The van der Waals surface area contributed by atoms with Crippen molar-refractivity contribution >= 4 is 27.4 Å². The van der Waals surface area contributed by atoms with Gasteiger partial charge in [-0.25, -0.2) is 9.97 Å². The number of fused-ring (bicyclic) bond motifs is 3. The number of anilines is 1. The number of hydrogen-bond donors (Lipinski definition) is 1. The van der Waals surface area contributed by atoms with Gasteiger partial charge in [-0.1, -0.05) is 6.92 Å². The van der Waals surface area contributed by atoms with Gasteiger partial charge in [0.15, 0.2) is 0 Å². The minimum atomic E-state index is 0.0327. The second kappa shape index (κ2) is 6.82. The van der Waals surface area contributed by atoms with E-state index in [-0.39, 0.29) is 5.54 Å². The Morgan fingerprint density at radius 2 is 2.00 bits per heavy atom. The van der Waals surface area contributed by atoms with Crippen molar-refractivity contribution in [1.82, 2.24) is 14.9 Å². The smallest absolute Gasteiger partial charge is 0.146 e. The average molecular weight is 361 g/mol. The maximum atomic E-state index is 5.46. The van der Waals surface area contributed by atoms with Gasteiger partial charge in [0.2, 0.25) is 0 Å². The van der Waals surface area contributed by atoms with Crippen LogP contribution in [0.3, 0.4) is 0 Å². The molecule has 0 radical (unpaired) electrons. The van der Waals surface area contributed by atoms with Gasteiger partial charge in [-0.05, 0) is 45.1 Å². The zero-order valence-corrected chi connectivity index (χ0v) is 16.3. The Labute approximate surface area is 153 Å². The first-order valence-corrected chi connectivity index (χ1v) is 10.3. The van der Waals surface area contributed by atoms with Crippen molar-refractivity contribution in [3.63, 3.8) is 0 Å². The molecule has 0 aromatic carbocycles. The number of morpholine rings is 1. The molecule has 0 bridgehead atoms. The van der Waals surface area contributed by atoms with Crippen molar-refractivity contribution < 1.29 is 4.74 Å². The highest BCUT2D eigenvalue weighted by atomic mass is 32.1. The zero-order valence-electron chi connectivity index (χ0n) is 15.5. The summed E-state index contributed by atoms with van der Waals surface area (Å²) in [5.41, 5.74) is 1.53. The summed E-state index contributed by atoms with van der Waals surface area (Å²) in [6, 6.07) is 0. The third-order valence-electron chi connectivity index (χ3n) is 5.42. The van der Waals surface area contributed by atoms with E-state index in [4.69, 9.17) is 14.7 Å². The van der Waals surface area contributed by atoms with Crippen molar-refractivity contribution in [2.24, 2.45) is 0 Å². The monoisotopic (exact) mass is 360 g/mol. The van der Waals surface area contributed by atoms with Crippen molar-refractivity contribution in [3.8, 4) is 0 Å². The van der Waals surface area contributed by atoms with Gasteiger partial charge in [0.1, 0.15) is 16.5 Å². The third kappa shape index (κ3) is 3.52. The second-order valence-corrected chi connectivity index (χ2v) is 8.86. The van der Waals surface area contributed by atoms with E-state index in [0.717, 1.165) is 55.7 Å². The summed E-state index contributed by atoms with van der Waals surface area (Å²) in [6.45, 7) is 11.1. The molecule has 2 aromatic rings. The molecule has 0 unspecified atom stereocenters. The highest BCUT2D eigenvalue weighted by molar-refractivity contribution is 7.19. The standard InChI is InChI=1S/C19H28N4OS/c1-4-19(2,3)22-17-16-13-6-5-7-14(13)25-18(16)21-15(20-17)12-23-8-10-24-11-9-23/h4-12H2,1-3H3,(H,20,21,22). The van der Waals surface area contributed by atoms with Crippen LogP contribution >= 0.6 is 11.3 Å². The van der Waals surface area contributed by atoms with Gasteiger partial charge in [0, 0.05) is 23.5 Å². The van der Waals surface area contributed by atoms with Gasteiger partial charge in [0.25, 0.3) is 0 Å². The number of nitrogens with zero attached hydrogens (tertiary/aromatic N) is 3. The molecule has 0 amide bonds. The van der Waals surface area contributed by atoms with Gasteiger partial charge in [-0.15, -0.1) is 11.3 Å². The molecule has 1 aliphatic carbocycles. The van der Waals surface area contributed by atoms with Crippen LogP contribution in [0.1, 0.15) is 49.9 Å². The summed E-state index contributed by atoms with van der Waals surface area (Å²) in [5, 5.41) is 5.00. The molecule has 1 aliphatic heterocycles. The first kappa shape index (κ1) is 17.2. The van der Waals surface area contributed by atoms with Crippen LogP contribution in [-0.4, -0.2) is 46.7 Å². The van der Waals surface area contributed by atoms with E-state index in [1.807, 2.05) is 11.3 Å². The lowest BCUT2D eigenvalue weighted by molar-refractivity contribution is 0.0331. The largest absolute Gasteiger partial charge is 0.379 e. The molecule has 1 saturated heterocycles. The SMILES string of the molecule is CCC(C)(C)Nc1nc(CN2CCOCC2)nc2sc3c(c12)CCC3. The Hall–Kier alpha value is -1.24. The number of hydrogen-bond acceptors (Lipinski definition) is 6. The van der Waals surface area contributed by atoms with Crippen LogP contribution in [0.15, 0.2) is 0 Å². The van der Waals surface area contributed by atoms with E-state index >= 15 is 0 Å². The summed E-state index contributed by atoms with van der Waals surface area (Å²) < 4.78 is 5.46. The molecule has 0 saturated carbocycles.